The van der Waals surface area contributed by atoms with E-state index < -0.39 is 22.9 Å². The summed E-state index contributed by atoms with van der Waals surface area (Å²) in [5, 5.41) is 0. The summed E-state index contributed by atoms with van der Waals surface area (Å²) >= 11 is -0.728. The van der Waals surface area contributed by atoms with E-state index in [0.717, 1.165) is 0 Å². The molecule has 0 heterocycles. The molecular weight excluding hydrogens is 395 g/mol. The molecule has 0 unspecified atom stereocenters. The van der Waals surface area contributed by atoms with Gasteiger partial charge in [0, 0.05) is 0 Å². The van der Waals surface area contributed by atoms with Gasteiger partial charge in [-0.05, 0) is 0 Å². The molecule has 102 valence electrons. The monoisotopic (exact) mass is 422 g/mol. The van der Waals surface area contributed by atoms with Crippen LogP contribution >= 0.6 is 0 Å². The summed E-state index contributed by atoms with van der Waals surface area (Å²) in [5.41, 5.74) is 6.66. The quantitative estimate of drug-likeness (QED) is 0.471. The van der Waals surface area contributed by atoms with Crippen LogP contribution in [-0.4, -0.2) is 0 Å². The van der Waals surface area contributed by atoms with E-state index in [1.807, 2.05) is 6.66 Å². The van der Waals surface area contributed by atoms with Crippen LogP contribution in [-0.2, 0) is 22.9 Å². The van der Waals surface area contributed by atoms with Gasteiger partial charge in [-0.2, -0.15) is 0 Å². The van der Waals surface area contributed by atoms with Crippen molar-refractivity contribution in [3.05, 3.63) is 41.1 Å². The summed E-state index contributed by atoms with van der Waals surface area (Å²) in [6.45, 7) is 9.33. The Hall–Kier alpha value is -0.170. The Morgan fingerprint density at radius 2 is 1.26 bits per heavy atom. The van der Waals surface area contributed by atoms with Crippen molar-refractivity contribution < 1.29 is 22.9 Å². The summed E-state index contributed by atoms with van der Waals surface area (Å²) in [6, 6.07) is 0. The average Bonchev–Trinajstić information content (AvgIpc) is 2.90. The number of allylic oxidation sites excluding steroid dienone is 8. The fourth-order valence-corrected chi connectivity index (χ4v) is 8.32. The van der Waals surface area contributed by atoms with Gasteiger partial charge in [-0.1, -0.05) is 0 Å². The first-order valence-corrected chi connectivity index (χ1v) is 11.3. The van der Waals surface area contributed by atoms with Crippen LogP contribution in [0.3, 0.4) is 0 Å². The topological polar surface area (TPSA) is 0 Å². The molecule has 19 heavy (non-hydrogen) atoms. The Morgan fingerprint density at radius 1 is 0.842 bits per heavy atom. The Balaban J connectivity index is 2.04. The van der Waals surface area contributed by atoms with Crippen LogP contribution in [0.25, 0.3) is 0 Å². The fraction of sp³-hybridized carbons (Fsp3) is 0.556. The molecule has 0 aliphatic heterocycles. The second kappa shape index (κ2) is 7.02. The van der Waals surface area contributed by atoms with E-state index in [2.05, 4.69) is 39.8 Å². The summed E-state index contributed by atoms with van der Waals surface area (Å²) < 4.78 is 3.73. The van der Waals surface area contributed by atoms with Gasteiger partial charge in [-0.3, -0.25) is 0 Å². The van der Waals surface area contributed by atoms with Crippen LogP contribution in [0.2, 0.25) is 0 Å². The zero-order chi connectivity index (χ0) is 13.8. The molecule has 0 atom stereocenters. The van der Waals surface area contributed by atoms with E-state index in [1.54, 1.807) is 22.3 Å². The van der Waals surface area contributed by atoms with E-state index in [4.69, 9.17) is 0 Å². The molecule has 0 saturated heterocycles. The second-order valence-corrected chi connectivity index (χ2v) is 10.9. The molecule has 0 aromatic carbocycles. The van der Waals surface area contributed by atoms with Crippen LogP contribution in [0, 0.1) is 0 Å². The minimum absolute atomic E-state index is 0.728. The molecule has 0 N–H and O–H groups in total. The van der Waals surface area contributed by atoms with Crippen molar-refractivity contribution in [2.24, 2.45) is 0 Å². The molecule has 0 fully saturated rings. The summed E-state index contributed by atoms with van der Waals surface area (Å²) in [7, 11) is 0. The molecule has 0 radical (unpaired) electrons. The van der Waals surface area contributed by atoms with Gasteiger partial charge in [0.1, 0.15) is 0 Å². The van der Waals surface area contributed by atoms with E-state index in [9.17, 15) is 0 Å². The van der Waals surface area contributed by atoms with E-state index in [0.29, 0.717) is 0 Å². The molecule has 0 amide bonds. The predicted octanol–water partition coefficient (Wildman–Crippen LogP) is 5.88. The first-order valence-electron chi connectivity index (χ1n) is 7.72. The van der Waals surface area contributed by atoms with Gasteiger partial charge in [0.2, 0.25) is 0 Å². The van der Waals surface area contributed by atoms with Gasteiger partial charge in [0.15, 0.2) is 0 Å². The Bertz CT molecular complexity index is 428. The zero-order valence-corrected chi connectivity index (χ0v) is 16.5. The van der Waals surface area contributed by atoms with Crippen molar-refractivity contribution in [2.75, 3.05) is 0 Å². The van der Waals surface area contributed by atoms with Gasteiger partial charge in [0.05, 0.1) is 0 Å². The van der Waals surface area contributed by atoms with E-state index in [1.165, 1.54) is 38.5 Å². The van der Waals surface area contributed by atoms with E-state index >= 15 is 0 Å². The van der Waals surface area contributed by atoms with Gasteiger partial charge in [-0.25, -0.2) is 0 Å². The first kappa shape index (κ1) is 15.2. The average molecular weight is 421 g/mol. The van der Waals surface area contributed by atoms with Crippen LogP contribution in [0.4, 0.5) is 0 Å². The SMILES string of the molecule is CCCC1=CC[C]([Hf][C]2=C(C)C(CCC)=CC2)=C1C. The Labute approximate surface area is 130 Å². The number of hydrogen-bond donors (Lipinski definition) is 0. The fourth-order valence-electron chi connectivity index (χ4n) is 3.04. The molecule has 2 rings (SSSR count). The molecule has 0 nitrogen and oxygen atoms in total. The van der Waals surface area contributed by atoms with Gasteiger partial charge in [-0.15, -0.1) is 0 Å². The molecule has 0 saturated carbocycles. The molecule has 0 aromatic rings. The van der Waals surface area contributed by atoms with Gasteiger partial charge in [0.25, 0.3) is 0 Å². The van der Waals surface area contributed by atoms with Crippen molar-refractivity contribution in [1.82, 2.24) is 0 Å². The predicted molar refractivity (Wildman–Crippen MR) is 80.6 cm³/mol. The third-order valence-corrected chi connectivity index (χ3v) is 10.6. The van der Waals surface area contributed by atoms with Crippen molar-refractivity contribution in [2.45, 2.75) is 66.2 Å². The van der Waals surface area contributed by atoms with Crippen LogP contribution in [0.15, 0.2) is 41.1 Å². The van der Waals surface area contributed by atoms with E-state index in [-0.39, 0.29) is 0 Å². The maximum absolute atomic E-state index is 2.51. The van der Waals surface area contributed by atoms with Crippen LogP contribution in [0.1, 0.15) is 66.2 Å². The summed E-state index contributed by atoms with van der Waals surface area (Å²) in [6.07, 6.45) is 12.7. The maximum atomic E-state index is 2.51. The molecule has 0 aromatic heterocycles. The first-order chi connectivity index (χ1) is 9.17. The molecule has 1 heteroatoms. The summed E-state index contributed by atoms with van der Waals surface area (Å²) in [4.78, 5) is 0. The van der Waals surface area contributed by atoms with Crippen LogP contribution in [0.5, 0.6) is 0 Å². The van der Waals surface area contributed by atoms with Crippen LogP contribution < -0.4 is 0 Å². The normalized spacial score (nSPS) is 19.2. The van der Waals surface area contributed by atoms with Gasteiger partial charge >= 0.3 is 130 Å². The Kier molecular flexibility index (Phi) is 5.62. The third kappa shape index (κ3) is 3.48. The molecular formula is C18H26Hf. The van der Waals surface area contributed by atoms with Crippen molar-refractivity contribution in [1.29, 1.82) is 0 Å². The number of hydrogen-bond acceptors (Lipinski definition) is 0. The van der Waals surface area contributed by atoms with Crippen molar-refractivity contribution in [3.8, 4) is 0 Å². The zero-order valence-electron chi connectivity index (χ0n) is 12.9. The number of rotatable bonds is 6. The van der Waals surface area contributed by atoms with Crippen molar-refractivity contribution in [3.63, 3.8) is 0 Å². The second-order valence-electron chi connectivity index (χ2n) is 5.70. The van der Waals surface area contributed by atoms with Gasteiger partial charge < -0.3 is 0 Å². The Morgan fingerprint density at radius 3 is 1.63 bits per heavy atom. The minimum atomic E-state index is -0.728. The molecule has 2 aliphatic carbocycles. The summed E-state index contributed by atoms with van der Waals surface area (Å²) in [5.74, 6) is 0. The van der Waals surface area contributed by atoms with Crippen molar-refractivity contribution >= 4 is 0 Å². The standard InChI is InChI=1S/2C9H13.Hf/c2*1-3-5-9-7-4-6-8(9)2;/h2*7H,3-5H2,1-2H3;. The molecule has 2 aliphatic rings. The molecule has 0 spiro atoms. The third-order valence-electron chi connectivity index (χ3n) is 4.31. The molecule has 0 bridgehead atoms.